The molecule has 2 aromatic heterocycles. The number of fused-ring (bicyclic) bond motifs is 1. The van der Waals surface area contributed by atoms with Crippen molar-refractivity contribution in [2.24, 2.45) is 0 Å². The van der Waals surface area contributed by atoms with E-state index in [1.165, 1.54) is 5.56 Å². The van der Waals surface area contributed by atoms with Gasteiger partial charge in [0.25, 0.3) is 0 Å². The number of hydrogen-bond acceptors (Lipinski definition) is 5. The van der Waals surface area contributed by atoms with E-state index >= 15 is 0 Å². The zero-order valence-corrected chi connectivity index (χ0v) is 10.0. The van der Waals surface area contributed by atoms with Crippen molar-refractivity contribution >= 4 is 5.69 Å². The fourth-order valence-corrected chi connectivity index (χ4v) is 2.39. The molecule has 1 atom stereocenters. The summed E-state index contributed by atoms with van der Waals surface area (Å²) in [5.74, 6) is 1.83. The first-order chi connectivity index (χ1) is 9.42. The number of nitrogens with one attached hydrogen (secondary N) is 1. The molecule has 0 fully saturated rings. The standard InChI is InChI=1S/C14H11N3O2/c1-2-5-11-9(4-1)10(8-15-11)14-16-13(17-19-14)12-6-3-7-18-12/h1-7,10,15H,8H2. The predicted octanol–water partition coefficient (Wildman–Crippen LogP) is 2.89. The molecule has 19 heavy (non-hydrogen) atoms. The van der Waals surface area contributed by atoms with Crippen LogP contribution in [0.3, 0.4) is 0 Å². The molecule has 1 aliphatic rings. The minimum absolute atomic E-state index is 0.104. The van der Waals surface area contributed by atoms with Crippen LogP contribution in [0.4, 0.5) is 5.69 Å². The second-order valence-electron chi connectivity index (χ2n) is 4.45. The van der Waals surface area contributed by atoms with Gasteiger partial charge in [-0.15, -0.1) is 0 Å². The summed E-state index contributed by atoms with van der Waals surface area (Å²) in [6, 6.07) is 11.8. The third-order valence-electron chi connectivity index (χ3n) is 3.31. The van der Waals surface area contributed by atoms with E-state index < -0.39 is 0 Å². The average Bonchev–Trinajstić information content (AvgIpc) is 3.18. The number of rotatable bonds is 2. The Bertz CT molecular complexity index is 703. The Morgan fingerprint density at radius 1 is 1.16 bits per heavy atom. The number of para-hydroxylation sites is 1. The van der Waals surface area contributed by atoms with Crippen molar-refractivity contribution in [2.45, 2.75) is 5.92 Å². The van der Waals surface area contributed by atoms with E-state index in [9.17, 15) is 0 Å². The van der Waals surface area contributed by atoms with Gasteiger partial charge in [-0.3, -0.25) is 0 Å². The summed E-state index contributed by atoms with van der Waals surface area (Å²) in [5.41, 5.74) is 2.32. The Morgan fingerprint density at radius 3 is 3.00 bits per heavy atom. The van der Waals surface area contributed by atoms with Crippen LogP contribution in [0.2, 0.25) is 0 Å². The minimum Gasteiger partial charge on any atom is -0.461 e. The summed E-state index contributed by atoms with van der Waals surface area (Å²) in [5, 5.41) is 7.31. The first kappa shape index (κ1) is 10.4. The molecule has 0 bridgehead atoms. The number of nitrogens with zero attached hydrogens (tertiary/aromatic N) is 2. The largest absolute Gasteiger partial charge is 0.461 e. The van der Waals surface area contributed by atoms with Gasteiger partial charge < -0.3 is 14.3 Å². The van der Waals surface area contributed by atoms with Gasteiger partial charge in [0.15, 0.2) is 5.76 Å². The van der Waals surface area contributed by atoms with Crippen molar-refractivity contribution in [1.29, 1.82) is 0 Å². The van der Waals surface area contributed by atoms with Crippen molar-refractivity contribution in [2.75, 3.05) is 11.9 Å². The summed E-state index contributed by atoms with van der Waals surface area (Å²) in [4.78, 5) is 4.42. The Labute approximate surface area is 109 Å². The van der Waals surface area contributed by atoms with Crippen LogP contribution in [0, 0.1) is 0 Å². The van der Waals surface area contributed by atoms with E-state index in [0.717, 1.165) is 12.2 Å². The molecule has 0 saturated heterocycles. The average molecular weight is 253 g/mol. The predicted molar refractivity (Wildman–Crippen MR) is 68.8 cm³/mol. The maximum absolute atomic E-state index is 5.37. The molecule has 1 aliphatic heterocycles. The van der Waals surface area contributed by atoms with Crippen LogP contribution >= 0.6 is 0 Å². The molecule has 1 N–H and O–H groups in total. The quantitative estimate of drug-likeness (QED) is 0.760. The number of furan rings is 1. The topological polar surface area (TPSA) is 64.1 Å². The molecule has 5 heteroatoms. The van der Waals surface area contributed by atoms with Crippen LogP contribution in [-0.4, -0.2) is 16.7 Å². The monoisotopic (exact) mass is 253 g/mol. The molecule has 0 saturated carbocycles. The van der Waals surface area contributed by atoms with Crippen LogP contribution in [0.25, 0.3) is 11.6 Å². The lowest BCUT2D eigenvalue weighted by Gasteiger charge is -2.02. The smallest absolute Gasteiger partial charge is 0.238 e. The lowest BCUT2D eigenvalue weighted by atomic mass is 10.0. The van der Waals surface area contributed by atoms with Crippen molar-refractivity contribution in [3.63, 3.8) is 0 Å². The SMILES string of the molecule is c1coc(-c2noc(C3CNc4ccccc43)n2)c1. The number of aromatic nitrogens is 2. The van der Waals surface area contributed by atoms with Gasteiger partial charge in [-0.2, -0.15) is 4.98 Å². The molecule has 4 rings (SSSR count). The summed E-state index contributed by atoms with van der Waals surface area (Å²) in [7, 11) is 0. The van der Waals surface area contributed by atoms with Gasteiger partial charge in [-0.05, 0) is 23.8 Å². The molecule has 5 nitrogen and oxygen atoms in total. The maximum Gasteiger partial charge on any atom is 0.238 e. The van der Waals surface area contributed by atoms with Crippen LogP contribution in [0.1, 0.15) is 17.4 Å². The molecular weight excluding hydrogens is 242 g/mol. The molecule has 0 amide bonds. The third-order valence-corrected chi connectivity index (χ3v) is 3.31. The van der Waals surface area contributed by atoms with Gasteiger partial charge in [-0.25, -0.2) is 0 Å². The van der Waals surface area contributed by atoms with Crippen LogP contribution in [0.15, 0.2) is 51.6 Å². The van der Waals surface area contributed by atoms with Gasteiger partial charge in [0.05, 0.1) is 12.2 Å². The lowest BCUT2D eigenvalue weighted by molar-refractivity contribution is 0.369. The molecule has 1 unspecified atom stereocenters. The van der Waals surface area contributed by atoms with Crippen LogP contribution < -0.4 is 5.32 Å². The molecular formula is C14H11N3O2. The number of benzene rings is 1. The zero-order valence-electron chi connectivity index (χ0n) is 10.0. The highest BCUT2D eigenvalue weighted by molar-refractivity contribution is 5.59. The highest BCUT2D eigenvalue weighted by Gasteiger charge is 2.28. The van der Waals surface area contributed by atoms with Gasteiger partial charge in [0, 0.05) is 12.2 Å². The summed E-state index contributed by atoms with van der Waals surface area (Å²) in [6.07, 6.45) is 1.60. The zero-order chi connectivity index (χ0) is 12.7. The molecule has 94 valence electrons. The normalized spacial score (nSPS) is 17.2. The van der Waals surface area contributed by atoms with E-state index in [0.29, 0.717) is 17.5 Å². The van der Waals surface area contributed by atoms with E-state index in [1.54, 1.807) is 12.3 Å². The van der Waals surface area contributed by atoms with Gasteiger partial charge in [0.1, 0.15) is 0 Å². The molecule has 3 heterocycles. The number of hydrogen-bond donors (Lipinski definition) is 1. The second-order valence-corrected chi connectivity index (χ2v) is 4.45. The summed E-state index contributed by atoms with van der Waals surface area (Å²) >= 11 is 0. The van der Waals surface area contributed by atoms with E-state index in [1.807, 2.05) is 18.2 Å². The molecule has 1 aromatic carbocycles. The van der Waals surface area contributed by atoms with Crippen molar-refractivity contribution in [1.82, 2.24) is 10.1 Å². The Kier molecular flexibility index (Phi) is 2.17. The van der Waals surface area contributed by atoms with Gasteiger partial charge in [-0.1, -0.05) is 23.4 Å². The fourth-order valence-electron chi connectivity index (χ4n) is 2.39. The van der Waals surface area contributed by atoms with Crippen molar-refractivity contribution in [3.8, 4) is 11.6 Å². The van der Waals surface area contributed by atoms with Crippen molar-refractivity contribution in [3.05, 3.63) is 54.1 Å². The number of anilines is 1. The molecule has 0 aliphatic carbocycles. The van der Waals surface area contributed by atoms with Gasteiger partial charge >= 0.3 is 0 Å². The van der Waals surface area contributed by atoms with E-state index in [-0.39, 0.29) is 5.92 Å². The highest BCUT2D eigenvalue weighted by Crippen LogP contribution is 2.35. The summed E-state index contributed by atoms with van der Waals surface area (Å²) < 4.78 is 10.6. The summed E-state index contributed by atoms with van der Waals surface area (Å²) in [6.45, 7) is 0.777. The first-order valence-electron chi connectivity index (χ1n) is 6.12. The molecule has 0 radical (unpaired) electrons. The fraction of sp³-hybridized carbons (Fsp3) is 0.143. The Hall–Kier alpha value is -2.56. The van der Waals surface area contributed by atoms with Gasteiger partial charge in [0.2, 0.25) is 11.7 Å². The maximum atomic E-state index is 5.37. The Balaban J connectivity index is 1.71. The lowest BCUT2D eigenvalue weighted by Crippen LogP contribution is -2.03. The van der Waals surface area contributed by atoms with E-state index in [4.69, 9.17) is 8.94 Å². The second kappa shape index (κ2) is 3.98. The minimum atomic E-state index is 0.104. The Morgan fingerprint density at radius 2 is 2.11 bits per heavy atom. The highest BCUT2D eigenvalue weighted by atomic mass is 16.5. The van der Waals surface area contributed by atoms with Crippen LogP contribution in [-0.2, 0) is 0 Å². The van der Waals surface area contributed by atoms with E-state index in [2.05, 4.69) is 27.6 Å². The first-order valence-corrected chi connectivity index (χ1v) is 6.12. The molecule has 0 spiro atoms. The third kappa shape index (κ3) is 1.62. The van der Waals surface area contributed by atoms with Crippen LogP contribution in [0.5, 0.6) is 0 Å². The molecule has 3 aromatic rings. The van der Waals surface area contributed by atoms with Crippen molar-refractivity contribution < 1.29 is 8.94 Å².